The lowest BCUT2D eigenvalue weighted by molar-refractivity contribution is -0.127. The lowest BCUT2D eigenvalue weighted by atomic mass is 10.2. The third-order valence-electron chi connectivity index (χ3n) is 2.94. The Balaban J connectivity index is 2.66. The number of benzene rings is 1. The van der Waals surface area contributed by atoms with Gasteiger partial charge in [0.05, 0.1) is 5.02 Å². The maximum Gasteiger partial charge on any atom is 0.341 e. The highest BCUT2D eigenvalue weighted by atomic mass is 35.5. The van der Waals surface area contributed by atoms with Crippen LogP contribution in [-0.2, 0) is 4.79 Å². The summed E-state index contributed by atoms with van der Waals surface area (Å²) in [6.07, 6.45) is 2.24. The molecule has 0 fully saturated rings. The molecule has 0 aliphatic heterocycles. The topological polar surface area (TPSA) is 75.6 Å². The first-order chi connectivity index (χ1) is 9.97. The number of carboxylic acids is 1. The highest BCUT2D eigenvalue weighted by Crippen LogP contribution is 2.27. The van der Waals surface area contributed by atoms with Gasteiger partial charge in [0.25, 0.3) is 5.91 Å². The predicted molar refractivity (Wildman–Crippen MR) is 81.0 cm³/mol. The van der Waals surface area contributed by atoms with Gasteiger partial charge in [-0.2, -0.15) is 0 Å². The number of carbonyl (C=O) groups is 2. The predicted octanol–water partition coefficient (Wildman–Crippen LogP) is 3.11. The maximum atomic E-state index is 11.9. The number of amides is 1. The first-order valence-corrected chi connectivity index (χ1v) is 7.31. The SMILES string of the molecule is CCCCCNC(=O)C(C)Oc1cccc(Cl)c1C(=O)O. The summed E-state index contributed by atoms with van der Waals surface area (Å²) in [4.78, 5) is 23.0. The number of aromatic carboxylic acids is 1. The number of unbranched alkanes of at least 4 members (excludes halogenated alkanes) is 2. The zero-order valence-electron chi connectivity index (χ0n) is 12.2. The number of hydrogen-bond donors (Lipinski definition) is 2. The molecule has 0 aliphatic carbocycles. The molecule has 5 nitrogen and oxygen atoms in total. The monoisotopic (exact) mass is 313 g/mol. The van der Waals surface area contributed by atoms with Crippen molar-refractivity contribution in [3.8, 4) is 5.75 Å². The van der Waals surface area contributed by atoms with E-state index in [4.69, 9.17) is 21.4 Å². The minimum Gasteiger partial charge on any atom is -0.480 e. The second-order valence-corrected chi connectivity index (χ2v) is 5.08. The number of hydrogen-bond acceptors (Lipinski definition) is 3. The van der Waals surface area contributed by atoms with E-state index in [1.807, 2.05) is 0 Å². The average molecular weight is 314 g/mol. The van der Waals surface area contributed by atoms with E-state index in [1.54, 1.807) is 13.0 Å². The Bertz CT molecular complexity index is 504. The van der Waals surface area contributed by atoms with E-state index in [1.165, 1.54) is 12.1 Å². The Labute approximate surface area is 129 Å². The van der Waals surface area contributed by atoms with Crippen molar-refractivity contribution in [1.29, 1.82) is 0 Å². The first-order valence-electron chi connectivity index (χ1n) is 6.93. The van der Waals surface area contributed by atoms with Crippen molar-refractivity contribution in [1.82, 2.24) is 5.32 Å². The molecule has 1 amide bonds. The van der Waals surface area contributed by atoms with Gasteiger partial charge in [0, 0.05) is 6.54 Å². The van der Waals surface area contributed by atoms with Crippen LogP contribution in [0.3, 0.4) is 0 Å². The van der Waals surface area contributed by atoms with Gasteiger partial charge in [-0.3, -0.25) is 4.79 Å². The van der Waals surface area contributed by atoms with E-state index in [-0.39, 0.29) is 22.2 Å². The van der Waals surface area contributed by atoms with Gasteiger partial charge < -0.3 is 15.2 Å². The number of rotatable bonds is 8. The number of carboxylic acid groups (broad SMARTS) is 1. The third kappa shape index (κ3) is 5.27. The molecule has 0 saturated heterocycles. The van der Waals surface area contributed by atoms with Crippen LogP contribution in [0.5, 0.6) is 5.75 Å². The highest BCUT2D eigenvalue weighted by molar-refractivity contribution is 6.33. The molecule has 1 unspecified atom stereocenters. The average Bonchev–Trinajstić information content (AvgIpc) is 2.43. The van der Waals surface area contributed by atoms with E-state index < -0.39 is 12.1 Å². The molecule has 0 heterocycles. The summed E-state index contributed by atoms with van der Waals surface area (Å²) in [7, 11) is 0. The molecule has 0 saturated carbocycles. The normalized spacial score (nSPS) is 11.8. The summed E-state index contributed by atoms with van der Waals surface area (Å²) < 4.78 is 5.43. The summed E-state index contributed by atoms with van der Waals surface area (Å²) in [6.45, 7) is 4.24. The molecule has 0 radical (unpaired) electrons. The van der Waals surface area contributed by atoms with Gasteiger partial charge >= 0.3 is 5.97 Å². The largest absolute Gasteiger partial charge is 0.480 e. The standard InChI is InChI=1S/C15H20ClNO4/c1-3-4-5-9-17-14(18)10(2)21-12-8-6-7-11(16)13(12)15(19)20/h6-8,10H,3-5,9H2,1-2H3,(H,17,18)(H,19,20). The Morgan fingerprint density at radius 2 is 2.10 bits per heavy atom. The Kier molecular flexibility index (Phi) is 7.02. The Hall–Kier alpha value is -1.75. The van der Waals surface area contributed by atoms with Crippen LogP contribution in [0.25, 0.3) is 0 Å². The molecule has 0 aliphatic rings. The molecular weight excluding hydrogens is 294 g/mol. The van der Waals surface area contributed by atoms with Crippen LogP contribution in [0.1, 0.15) is 43.5 Å². The van der Waals surface area contributed by atoms with Crippen LogP contribution in [0.2, 0.25) is 5.02 Å². The van der Waals surface area contributed by atoms with E-state index in [2.05, 4.69) is 12.2 Å². The fourth-order valence-corrected chi connectivity index (χ4v) is 2.03. The zero-order valence-corrected chi connectivity index (χ0v) is 12.9. The smallest absolute Gasteiger partial charge is 0.341 e. The van der Waals surface area contributed by atoms with E-state index in [9.17, 15) is 9.59 Å². The van der Waals surface area contributed by atoms with Crippen molar-refractivity contribution < 1.29 is 19.4 Å². The molecule has 0 aromatic heterocycles. The molecular formula is C15H20ClNO4. The Morgan fingerprint density at radius 1 is 1.38 bits per heavy atom. The minimum absolute atomic E-state index is 0.0792. The van der Waals surface area contributed by atoms with Crippen molar-refractivity contribution in [2.45, 2.75) is 39.2 Å². The molecule has 0 spiro atoms. The third-order valence-corrected chi connectivity index (χ3v) is 3.26. The Morgan fingerprint density at radius 3 is 2.71 bits per heavy atom. The van der Waals surface area contributed by atoms with Crippen LogP contribution in [-0.4, -0.2) is 29.6 Å². The van der Waals surface area contributed by atoms with Crippen molar-refractivity contribution in [3.63, 3.8) is 0 Å². The van der Waals surface area contributed by atoms with Crippen molar-refractivity contribution in [3.05, 3.63) is 28.8 Å². The number of nitrogens with one attached hydrogen (secondary N) is 1. The van der Waals surface area contributed by atoms with Gasteiger partial charge in [0.2, 0.25) is 0 Å². The molecule has 21 heavy (non-hydrogen) atoms. The van der Waals surface area contributed by atoms with Crippen molar-refractivity contribution in [2.75, 3.05) is 6.54 Å². The summed E-state index contributed by atoms with van der Waals surface area (Å²) in [5.41, 5.74) is -0.134. The lowest BCUT2D eigenvalue weighted by Gasteiger charge is -2.16. The second kappa shape index (κ2) is 8.52. The quantitative estimate of drug-likeness (QED) is 0.723. The maximum absolute atomic E-state index is 11.9. The minimum atomic E-state index is -1.19. The van der Waals surface area contributed by atoms with Crippen molar-refractivity contribution in [2.24, 2.45) is 0 Å². The number of ether oxygens (including phenoxy) is 1. The molecule has 6 heteroatoms. The molecule has 1 aromatic rings. The number of carbonyl (C=O) groups excluding carboxylic acids is 1. The van der Waals surface area contributed by atoms with Gasteiger partial charge in [0.15, 0.2) is 6.10 Å². The van der Waals surface area contributed by atoms with Gasteiger partial charge in [-0.15, -0.1) is 0 Å². The molecule has 2 N–H and O–H groups in total. The number of halogens is 1. The molecule has 1 aromatic carbocycles. The fraction of sp³-hybridized carbons (Fsp3) is 0.467. The van der Waals surface area contributed by atoms with Crippen LogP contribution in [0, 0.1) is 0 Å². The fourth-order valence-electron chi connectivity index (χ4n) is 1.78. The lowest BCUT2D eigenvalue weighted by Crippen LogP contribution is -2.37. The first kappa shape index (κ1) is 17.3. The van der Waals surface area contributed by atoms with Crippen LogP contribution < -0.4 is 10.1 Å². The summed E-state index contributed by atoms with van der Waals surface area (Å²) >= 11 is 5.84. The van der Waals surface area contributed by atoms with E-state index in [0.717, 1.165) is 19.3 Å². The van der Waals surface area contributed by atoms with Crippen LogP contribution in [0.15, 0.2) is 18.2 Å². The van der Waals surface area contributed by atoms with Gasteiger partial charge in [-0.05, 0) is 25.5 Å². The van der Waals surface area contributed by atoms with E-state index in [0.29, 0.717) is 6.54 Å². The zero-order chi connectivity index (χ0) is 15.8. The van der Waals surface area contributed by atoms with Gasteiger partial charge in [-0.1, -0.05) is 37.4 Å². The van der Waals surface area contributed by atoms with Crippen LogP contribution >= 0.6 is 11.6 Å². The van der Waals surface area contributed by atoms with E-state index >= 15 is 0 Å². The summed E-state index contributed by atoms with van der Waals surface area (Å²) in [6, 6.07) is 4.53. The van der Waals surface area contributed by atoms with Gasteiger partial charge in [0.1, 0.15) is 11.3 Å². The molecule has 1 rings (SSSR count). The molecule has 0 bridgehead atoms. The van der Waals surface area contributed by atoms with Gasteiger partial charge in [-0.25, -0.2) is 4.79 Å². The van der Waals surface area contributed by atoms with Crippen molar-refractivity contribution >= 4 is 23.5 Å². The molecule has 1 atom stereocenters. The second-order valence-electron chi connectivity index (χ2n) is 4.68. The summed E-state index contributed by atoms with van der Waals surface area (Å²) in [5, 5.41) is 12.0. The molecule has 116 valence electrons. The van der Waals surface area contributed by atoms with Crippen LogP contribution in [0.4, 0.5) is 0 Å². The summed E-state index contributed by atoms with van der Waals surface area (Å²) in [5.74, 6) is -1.38. The highest BCUT2D eigenvalue weighted by Gasteiger charge is 2.20.